The summed E-state index contributed by atoms with van der Waals surface area (Å²) in [5.74, 6) is -0.667. The lowest BCUT2D eigenvalue weighted by Crippen LogP contribution is -2.33. The van der Waals surface area contributed by atoms with Crippen LogP contribution in [0.2, 0.25) is 0 Å². The van der Waals surface area contributed by atoms with Crippen LogP contribution in [-0.4, -0.2) is 29.3 Å². The number of phenols is 2. The van der Waals surface area contributed by atoms with E-state index in [4.69, 9.17) is 10.8 Å². The molecule has 0 amide bonds. The van der Waals surface area contributed by atoms with E-state index in [1.807, 2.05) is 0 Å². The molecule has 0 fully saturated rings. The highest BCUT2D eigenvalue weighted by molar-refractivity contribution is 5.75. The zero-order valence-corrected chi connectivity index (χ0v) is 8.30. The number of methoxy groups -OCH3 is 1. The van der Waals surface area contributed by atoms with Crippen molar-refractivity contribution in [3.05, 3.63) is 23.8 Å². The standard InChI is InChI=1S/C10H13NO4/c1-15-10(14)8(11)4-6-2-3-7(12)5-9(6)13/h2-3,5,8,12-13H,4,11H2,1H3/t8-/m0/s1. The van der Waals surface area contributed by atoms with Gasteiger partial charge in [-0.15, -0.1) is 0 Å². The molecule has 1 aromatic carbocycles. The minimum Gasteiger partial charge on any atom is -0.508 e. The van der Waals surface area contributed by atoms with Crippen LogP contribution in [0, 0.1) is 0 Å². The Morgan fingerprint density at radius 1 is 1.53 bits per heavy atom. The minimum atomic E-state index is -0.814. The average molecular weight is 211 g/mol. The second kappa shape index (κ2) is 4.65. The van der Waals surface area contributed by atoms with Crippen molar-refractivity contribution in [2.24, 2.45) is 5.73 Å². The van der Waals surface area contributed by atoms with Crippen molar-refractivity contribution in [2.75, 3.05) is 7.11 Å². The first-order chi connectivity index (χ1) is 7.04. The number of nitrogens with two attached hydrogens (primary N) is 1. The fraction of sp³-hybridized carbons (Fsp3) is 0.300. The zero-order valence-electron chi connectivity index (χ0n) is 8.30. The van der Waals surface area contributed by atoms with Crippen LogP contribution in [-0.2, 0) is 16.0 Å². The van der Waals surface area contributed by atoms with Crippen LogP contribution in [0.3, 0.4) is 0 Å². The molecule has 0 aliphatic rings. The molecular formula is C10H13NO4. The maximum atomic E-state index is 11.0. The molecule has 0 aliphatic heterocycles. The van der Waals surface area contributed by atoms with Crippen molar-refractivity contribution < 1.29 is 19.7 Å². The topological polar surface area (TPSA) is 92.8 Å². The largest absolute Gasteiger partial charge is 0.508 e. The summed E-state index contributed by atoms with van der Waals surface area (Å²) in [4.78, 5) is 11.0. The van der Waals surface area contributed by atoms with Gasteiger partial charge in [0.25, 0.3) is 0 Å². The summed E-state index contributed by atoms with van der Waals surface area (Å²) in [5.41, 5.74) is 6.01. The average Bonchev–Trinajstić information content (AvgIpc) is 2.20. The van der Waals surface area contributed by atoms with Crippen molar-refractivity contribution in [3.63, 3.8) is 0 Å². The Labute approximate surface area is 87.1 Å². The molecule has 0 aromatic heterocycles. The smallest absolute Gasteiger partial charge is 0.322 e. The molecule has 15 heavy (non-hydrogen) atoms. The molecule has 0 saturated heterocycles. The molecule has 1 aromatic rings. The minimum absolute atomic E-state index is 0.0390. The third kappa shape index (κ3) is 2.85. The van der Waals surface area contributed by atoms with E-state index < -0.39 is 12.0 Å². The number of benzene rings is 1. The molecule has 1 rings (SSSR count). The number of ether oxygens (including phenoxy) is 1. The SMILES string of the molecule is COC(=O)[C@@H](N)Cc1ccc(O)cc1O. The number of rotatable bonds is 3. The Kier molecular flexibility index (Phi) is 3.51. The summed E-state index contributed by atoms with van der Waals surface area (Å²) in [6.45, 7) is 0. The molecule has 1 atom stereocenters. The zero-order chi connectivity index (χ0) is 11.4. The lowest BCUT2D eigenvalue weighted by atomic mass is 10.1. The molecule has 0 radical (unpaired) electrons. The van der Waals surface area contributed by atoms with Crippen LogP contribution in [0.4, 0.5) is 0 Å². The quantitative estimate of drug-likeness (QED) is 0.618. The van der Waals surface area contributed by atoms with Gasteiger partial charge in [-0.05, 0) is 11.6 Å². The number of phenolic OH excluding ortho intramolecular Hbond substituents is 2. The Morgan fingerprint density at radius 2 is 2.20 bits per heavy atom. The van der Waals surface area contributed by atoms with Gasteiger partial charge in [-0.1, -0.05) is 6.07 Å². The van der Waals surface area contributed by atoms with Gasteiger partial charge in [0.15, 0.2) is 0 Å². The summed E-state index contributed by atoms with van der Waals surface area (Å²) in [6.07, 6.45) is 0.165. The molecule has 0 unspecified atom stereocenters. The van der Waals surface area contributed by atoms with Gasteiger partial charge in [0.2, 0.25) is 0 Å². The fourth-order valence-electron chi connectivity index (χ4n) is 1.20. The number of esters is 1. The third-order valence-electron chi connectivity index (χ3n) is 2.01. The van der Waals surface area contributed by atoms with Gasteiger partial charge in [-0.25, -0.2) is 0 Å². The summed E-state index contributed by atoms with van der Waals surface area (Å²) >= 11 is 0. The molecule has 0 aliphatic carbocycles. The highest BCUT2D eigenvalue weighted by Gasteiger charge is 2.16. The highest BCUT2D eigenvalue weighted by atomic mass is 16.5. The predicted octanol–water partition coefficient (Wildman–Crippen LogP) is 0.141. The van der Waals surface area contributed by atoms with Crippen molar-refractivity contribution in [3.8, 4) is 11.5 Å². The van der Waals surface area contributed by atoms with Gasteiger partial charge in [0.1, 0.15) is 17.5 Å². The lowest BCUT2D eigenvalue weighted by molar-refractivity contribution is -0.142. The molecule has 5 heteroatoms. The first-order valence-corrected chi connectivity index (χ1v) is 4.39. The van der Waals surface area contributed by atoms with Crippen LogP contribution < -0.4 is 5.73 Å². The monoisotopic (exact) mass is 211 g/mol. The van der Waals surface area contributed by atoms with Crippen LogP contribution >= 0.6 is 0 Å². The highest BCUT2D eigenvalue weighted by Crippen LogP contribution is 2.23. The van der Waals surface area contributed by atoms with Gasteiger partial charge >= 0.3 is 5.97 Å². The van der Waals surface area contributed by atoms with Crippen LogP contribution in [0.1, 0.15) is 5.56 Å². The molecule has 4 N–H and O–H groups in total. The van der Waals surface area contributed by atoms with E-state index >= 15 is 0 Å². The van der Waals surface area contributed by atoms with E-state index in [2.05, 4.69) is 4.74 Å². The summed E-state index contributed by atoms with van der Waals surface area (Å²) in [5, 5.41) is 18.5. The van der Waals surface area contributed by atoms with Crippen molar-refractivity contribution in [1.82, 2.24) is 0 Å². The van der Waals surface area contributed by atoms with Crippen LogP contribution in [0.15, 0.2) is 18.2 Å². The maximum absolute atomic E-state index is 11.0. The summed E-state index contributed by atoms with van der Waals surface area (Å²) in [7, 11) is 1.25. The second-order valence-electron chi connectivity index (χ2n) is 3.15. The van der Waals surface area contributed by atoms with E-state index in [-0.39, 0.29) is 17.9 Å². The Morgan fingerprint density at radius 3 is 2.73 bits per heavy atom. The third-order valence-corrected chi connectivity index (χ3v) is 2.01. The van der Waals surface area contributed by atoms with Crippen LogP contribution in [0.25, 0.3) is 0 Å². The van der Waals surface area contributed by atoms with Gasteiger partial charge in [0.05, 0.1) is 7.11 Å². The summed E-state index contributed by atoms with van der Waals surface area (Å²) in [6, 6.07) is 3.30. The van der Waals surface area contributed by atoms with Crippen molar-refractivity contribution in [2.45, 2.75) is 12.5 Å². The first-order valence-electron chi connectivity index (χ1n) is 4.39. The van der Waals surface area contributed by atoms with Crippen molar-refractivity contribution >= 4 is 5.97 Å². The van der Waals surface area contributed by atoms with Gasteiger partial charge < -0.3 is 20.7 Å². The number of hydrogen-bond acceptors (Lipinski definition) is 5. The Bertz CT molecular complexity index is 364. The lowest BCUT2D eigenvalue weighted by Gasteiger charge is -2.10. The molecular weight excluding hydrogens is 198 g/mol. The van der Waals surface area contributed by atoms with E-state index in [0.717, 1.165) is 0 Å². The number of carbonyl (C=O) groups excluding carboxylic acids is 1. The number of hydrogen-bond donors (Lipinski definition) is 3. The van der Waals surface area contributed by atoms with Crippen LogP contribution in [0.5, 0.6) is 11.5 Å². The number of aromatic hydroxyl groups is 2. The van der Waals surface area contributed by atoms with Gasteiger partial charge in [0, 0.05) is 12.5 Å². The molecule has 0 bridgehead atoms. The molecule has 0 heterocycles. The predicted molar refractivity (Wildman–Crippen MR) is 53.5 cm³/mol. The van der Waals surface area contributed by atoms with E-state index in [9.17, 15) is 9.90 Å². The van der Waals surface area contributed by atoms with E-state index in [0.29, 0.717) is 5.56 Å². The van der Waals surface area contributed by atoms with E-state index in [1.54, 1.807) is 0 Å². The van der Waals surface area contributed by atoms with Gasteiger partial charge in [-0.2, -0.15) is 0 Å². The van der Waals surface area contributed by atoms with E-state index in [1.165, 1.54) is 25.3 Å². The molecule has 0 saturated carbocycles. The first kappa shape index (κ1) is 11.3. The Balaban J connectivity index is 2.76. The fourth-order valence-corrected chi connectivity index (χ4v) is 1.20. The Hall–Kier alpha value is -1.75. The molecule has 82 valence electrons. The van der Waals surface area contributed by atoms with Gasteiger partial charge in [-0.3, -0.25) is 4.79 Å². The van der Waals surface area contributed by atoms with Crippen molar-refractivity contribution in [1.29, 1.82) is 0 Å². The summed E-state index contributed by atoms with van der Waals surface area (Å²) < 4.78 is 4.45. The maximum Gasteiger partial charge on any atom is 0.322 e. The second-order valence-corrected chi connectivity index (χ2v) is 3.15. The molecule has 0 spiro atoms. The number of carbonyl (C=O) groups is 1. The normalized spacial score (nSPS) is 12.1. The molecule has 5 nitrogen and oxygen atoms in total.